The second kappa shape index (κ2) is 5.03. The van der Waals surface area contributed by atoms with Crippen LogP contribution in [0.15, 0.2) is 34.4 Å². The van der Waals surface area contributed by atoms with Gasteiger partial charge in [-0.3, -0.25) is 4.98 Å². The average molecular weight is 301 g/mol. The van der Waals surface area contributed by atoms with E-state index in [-0.39, 0.29) is 11.9 Å². The first-order valence-electron chi connectivity index (χ1n) is 4.73. The van der Waals surface area contributed by atoms with Crippen molar-refractivity contribution >= 4 is 27.3 Å². The van der Waals surface area contributed by atoms with Crippen LogP contribution in [0.3, 0.4) is 0 Å². The molecule has 2 nitrogen and oxygen atoms in total. The van der Waals surface area contributed by atoms with E-state index in [0.717, 1.165) is 14.9 Å². The number of pyridine rings is 1. The van der Waals surface area contributed by atoms with E-state index in [2.05, 4.69) is 26.2 Å². The number of thiophene rings is 1. The molecule has 2 aromatic rings. The zero-order valence-electron chi connectivity index (χ0n) is 8.58. The fraction of sp³-hybridized carbons (Fsp3) is 0.182. The van der Waals surface area contributed by atoms with Gasteiger partial charge in [-0.15, -0.1) is 11.3 Å². The van der Waals surface area contributed by atoms with Crippen LogP contribution in [-0.4, -0.2) is 12.0 Å². The third-order valence-corrected chi connectivity index (χ3v) is 4.19. The average Bonchev–Trinajstić information content (AvgIpc) is 2.67. The number of nitrogens with one attached hydrogen (secondary N) is 1. The fourth-order valence-corrected chi connectivity index (χ4v) is 3.28. The van der Waals surface area contributed by atoms with Crippen molar-refractivity contribution in [2.24, 2.45) is 0 Å². The highest BCUT2D eigenvalue weighted by molar-refractivity contribution is 9.10. The largest absolute Gasteiger partial charge is 0.309 e. The predicted molar refractivity (Wildman–Crippen MR) is 67.1 cm³/mol. The van der Waals surface area contributed by atoms with Crippen LogP contribution in [0, 0.1) is 5.82 Å². The van der Waals surface area contributed by atoms with E-state index in [1.165, 1.54) is 12.3 Å². The molecule has 0 radical (unpaired) electrons. The van der Waals surface area contributed by atoms with E-state index in [1.54, 1.807) is 17.5 Å². The van der Waals surface area contributed by atoms with Crippen molar-refractivity contribution in [2.45, 2.75) is 6.04 Å². The van der Waals surface area contributed by atoms with Crippen molar-refractivity contribution in [2.75, 3.05) is 7.05 Å². The summed E-state index contributed by atoms with van der Waals surface area (Å²) in [7, 11) is 1.85. The lowest BCUT2D eigenvalue weighted by molar-refractivity contribution is 0.610. The molecule has 0 aliphatic heterocycles. The van der Waals surface area contributed by atoms with Gasteiger partial charge in [-0.05, 0) is 46.1 Å². The molecule has 0 spiro atoms. The van der Waals surface area contributed by atoms with Crippen LogP contribution in [0.25, 0.3) is 0 Å². The molecule has 0 bridgehead atoms. The van der Waals surface area contributed by atoms with Gasteiger partial charge in [0.15, 0.2) is 0 Å². The SMILES string of the molecule is CNC(c1cncc(F)c1)c1sccc1Br. The summed E-state index contributed by atoms with van der Waals surface area (Å²) in [4.78, 5) is 4.99. The van der Waals surface area contributed by atoms with E-state index in [1.807, 2.05) is 18.5 Å². The van der Waals surface area contributed by atoms with Gasteiger partial charge in [0.1, 0.15) is 5.82 Å². The van der Waals surface area contributed by atoms with Crippen molar-refractivity contribution < 1.29 is 4.39 Å². The summed E-state index contributed by atoms with van der Waals surface area (Å²) >= 11 is 5.10. The summed E-state index contributed by atoms with van der Waals surface area (Å²) in [6.07, 6.45) is 2.89. The van der Waals surface area contributed by atoms with E-state index in [0.29, 0.717) is 0 Å². The Bertz CT molecular complexity index is 486. The molecule has 1 atom stereocenters. The van der Waals surface area contributed by atoms with Crippen molar-refractivity contribution in [3.05, 3.63) is 50.6 Å². The fourth-order valence-electron chi connectivity index (χ4n) is 1.55. The quantitative estimate of drug-likeness (QED) is 0.940. The maximum Gasteiger partial charge on any atom is 0.141 e. The molecule has 0 aliphatic rings. The van der Waals surface area contributed by atoms with Gasteiger partial charge in [0.05, 0.1) is 12.2 Å². The summed E-state index contributed by atoms with van der Waals surface area (Å²) in [5, 5.41) is 5.16. The Labute approximate surface area is 106 Å². The van der Waals surface area contributed by atoms with E-state index in [9.17, 15) is 4.39 Å². The van der Waals surface area contributed by atoms with Gasteiger partial charge in [-0.2, -0.15) is 0 Å². The third kappa shape index (κ3) is 2.31. The third-order valence-electron chi connectivity index (χ3n) is 2.25. The first kappa shape index (κ1) is 11.7. The molecule has 5 heteroatoms. The van der Waals surface area contributed by atoms with E-state index >= 15 is 0 Å². The molecule has 2 aromatic heterocycles. The summed E-state index contributed by atoms with van der Waals surface area (Å²) in [5.74, 6) is -0.314. The summed E-state index contributed by atoms with van der Waals surface area (Å²) < 4.78 is 14.1. The molecular weight excluding hydrogens is 291 g/mol. The van der Waals surface area contributed by atoms with E-state index in [4.69, 9.17) is 0 Å². The molecule has 2 heterocycles. The zero-order chi connectivity index (χ0) is 11.5. The smallest absolute Gasteiger partial charge is 0.141 e. The summed E-state index contributed by atoms with van der Waals surface area (Å²) in [5.41, 5.74) is 0.825. The maximum absolute atomic E-state index is 13.1. The summed E-state index contributed by atoms with van der Waals surface area (Å²) in [6.45, 7) is 0. The van der Waals surface area contributed by atoms with Crippen LogP contribution >= 0.6 is 27.3 Å². The molecule has 0 fully saturated rings. The summed E-state index contributed by atoms with van der Waals surface area (Å²) in [6, 6.07) is 3.45. The van der Waals surface area contributed by atoms with Crippen molar-refractivity contribution in [1.82, 2.24) is 10.3 Å². The highest BCUT2D eigenvalue weighted by atomic mass is 79.9. The Hall–Kier alpha value is -0.780. The Balaban J connectivity index is 2.40. The minimum atomic E-state index is -0.314. The minimum Gasteiger partial charge on any atom is -0.309 e. The monoisotopic (exact) mass is 300 g/mol. The zero-order valence-corrected chi connectivity index (χ0v) is 11.0. The molecule has 0 saturated carbocycles. The lowest BCUT2D eigenvalue weighted by atomic mass is 10.1. The lowest BCUT2D eigenvalue weighted by Crippen LogP contribution is -2.17. The lowest BCUT2D eigenvalue weighted by Gasteiger charge is -2.15. The van der Waals surface area contributed by atoms with Gasteiger partial charge in [-0.1, -0.05) is 0 Å². The molecule has 1 N–H and O–H groups in total. The van der Waals surface area contributed by atoms with Gasteiger partial charge >= 0.3 is 0 Å². The number of hydrogen-bond donors (Lipinski definition) is 1. The van der Waals surface area contributed by atoms with Crippen molar-refractivity contribution in [1.29, 1.82) is 0 Å². The molecular formula is C11H10BrFN2S. The van der Waals surface area contributed by atoms with Gasteiger partial charge in [0.25, 0.3) is 0 Å². The Morgan fingerprint density at radius 3 is 2.88 bits per heavy atom. The van der Waals surface area contributed by atoms with Crippen molar-refractivity contribution in [3.63, 3.8) is 0 Å². The molecule has 0 aromatic carbocycles. The van der Waals surface area contributed by atoms with Crippen LogP contribution in [0.1, 0.15) is 16.5 Å². The first-order chi connectivity index (χ1) is 7.72. The van der Waals surface area contributed by atoms with Crippen LogP contribution in [0.2, 0.25) is 0 Å². The van der Waals surface area contributed by atoms with Gasteiger partial charge < -0.3 is 5.32 Å². The number of halogens is 2. The van der Waals surface area contributed by atoms with Crippen LogP contribution < -0.4 is 5.32 Å². The second-order valence-electron chi connectivity index (χ2n) is 3.29. The normalized spacial score (nSPS) is 12.7. The van der Waals surface area contributed by atoms with Crippen LogP contribution in [0.5, 0.6) is 0 Å². The molecule has 0 saturated heterocycles. The Morgan fingerprint density at radius 1 is 1.50 bits per heavy atom. The van der Waals surface area contributed by atoms with Gasteiger partial charge in [-0.25, -0.2) is 4.39 Å². The molecule has 0 aliphatic carbocycles. The second-order valence-corrected chi connectivity index (χ2v) is 5.09. The molecule has 16 heavy (non-hydrogen) atoms. The molecule has 2 rings (SSSR count). The number of hydrogen-bond acceptors (Lipinski definition) is 3. The van der Waals surface area contributed by atoms with E-state index < -0.39 is 0 Å². The van der Waals surface area contributed by atoms with Crippen molar-refractivity contribution in [3.8, 4) is 0 Å². The number of rotatable bonds is 3. The van der Waals surface area contributed by atoms with Crippen LogP contribution in [0.4, 0.5) is 4.39 Å². The standard InChI is InChI=1S/C11H10BrFN2S/c1-14-10(11-9(12)2-3-16-11)7-4-8(13)6-15-5-7/h2-6,10,14H,1H3. The van der Waals surface area contributed by atoms with Gasteiger partial charge in [0.2, 0.25) is 0 Å². The molecule has 0 amide bonds. The molecule has 1 unspecified atom stereocenters. The van der Waals surface area contributed by atoms with Gasteiger partial charge in [0, 0.05) is 15.5 Å². The Morgan fingerprint density at radius 2 is 2.31 bits per heavy atom. The number of aromatic nitrogens is 1. The predicted octanol–water partition coefficient (Wildman–Crippen LogP) is 3.35. The topological polar surface area (TPSA) is 24.9 Å². The highest BCUT2D eigenvalue weighted by Crippen LogP contribution is 2.32. The molecule has 84 valence electrons. The Kier molecular flexibility index (Phi) is 3.68. The maximum atomic E-state index is 13.1. The van der Waals surface area contributed by atoms with Crippen LogP contribution in [-0.2, 0) is 0 Å². The number of nitrogens with zero attached hydrogens (tertiary/aromatic N) is 1. The minimum absolute atomic E-state index is 0.0300. The highest BCUT2D eigenvalue weighted by Gasteiger charge is 2.16. The first-order valence-corrected chi connectivity index (χ1v) is 6.40.